The quantitative estimate of drug-likeness (QED) is 0.441. The minimum atomic E-state index is -0.624. The van der Waals surface area contributed by atoms with E-state index in [1.54, 1.807) is 0 Å². The summed E-state index contributed by atoms with van der Waals surface area (Å²) in [6.07, 6.45) is 6.74. The van der Waals surface area contributed by atoms with Crippen LogP contribution in [-0.2, 0) is 20.9 Å². The second-order valence-corrected chi connectivity index (χ2v) is 7.44. The van der Waals surface area contributed by atoms with Gasteiger partial charge in [0.05, 0.1) is 4.92 Å². The Labute approximate surface area is 157 Å². The van der Waals surface area contributed by atoms with Crippen molar-refractivity contribution in [1.82, 2.24) is 14.7 Å². The van der Waals surface area contributed by atoms with Crippen molar-refractivity contribution in [2.24, 2.45) is 5.92 Å². The van der Waals surface area contributed by atoms with E-state index in [9.17, 15) is 19.7 Å². The molecule has 0 aromatic carbocycles. The molecule has 9 nitrogen and oxygen atoms in total. The van der Waals surface area contributed by atoms with E-state index in [0.29, 0.717) is 11.6 Å². The van der Waals surface area contributed by atoms with Crippen LogP contribution in [0.4, 0.5) is 5.69 Å². The third-order valence-corrected chi connectivity index (χ3v) is 5.72. The zero-order chi connectivity index (χ0) is 19.6. The van der Waals surface area contributed by atoms with Gasteiger partial charge in [0.15, 0.2) is 6.61 Å². The SMILES string of the molecule is Cc1nn(CC(=O)OCC(=O)N2CCC[C@H]3CCCC[C@H]32)c(C)c1[N+](=O)[O-]. The molecule has 2 aliphatic rings. The summed E-state index contributed by atoms with van der Waals surface area (Å²) in [6, 6.07) is 0.275. The standard InChI is InChI=1S/C18H26N4O5/c1-12-18(22(25)26)13(2)21(19-12)10-17(24)27-11-16(23)20-9-5-7-14-6-3-4-8-15(14)20/h14-15H,3-11H2,1-2H3/t14-,15-/m1/s1. The van der Waals surface area contributed by atoms with Crippen molar-refractivity contribution in [2.75, 3.05) is 13.2 Å². The van der Waals surface area contributed by atoms with Crippen LogP contribution < -0.4 is 0 Å². The lowest BCUT2D eigenvalue weighted by molar-refractivity contribution is -0.386. The molecule has 27 heavy (non-hydrogen) atoms. The highest BCUT2D eigenvalue weighted by Crippen LogP contribution is 2.35. The van der Waals surface area contributed by atoms with Crippen LogP contribution in [0.3, 0.4) is 0 Å². The fourth-order valence-corrected chi connectivity index (χ4v) is 4.43. The number of carbonyl (C=O) groups excluding carboxylic acids is 2. The van der Waals surface area contributed by atoms with Crippen LogP contribution in [0.1, 0.15) is 49.9 Å². The van der Waals surface area contributed by atoms with Gasteiger partial charge in [0.1, 0.15) is 17.9 Å². The lowest BCUT2D eigenvalue weighted by Crippen LogP contribution is -2.51. The van der Waals surface area contributed by atoms with E-state index < -0.39 is 10.9 Å². The van der Waals surface area contributed by atoms with Crippen LogP contribution in [0.2, 0.25) is 0 Å². The van der Waals surface area contributed by atoms with Crippen molar-refractivity contribution in [3.63, 3.8) is 0 Å². The van der Waals surface area contributed by atoms with Crippen LogP contribution in [0, 0.1) is 29.9 Å². The van der Waals surface area contributed by atoms with E-state index in [4.69, 9.17) is 4.74 Å². The van der Waals surface area contributed by atoms with Gasteiger partial charge in [0.25, 0.3) is 5.91 Å². The van der Waals surface area contributed by atoms with E-state index in [-0.39, 0.29) is 36.5 Å². The van der Waals surface area contributed by atoms with Crippen molar-refractivity contribution in [3.8, 4) is 0 Å². The fourth-order valence-electron chi connectivity index (χ4n) is 4.43. The number of nitrogens with zero attached hydrogens (tertiary/aromatic N) is 4. The van der Waals surface area contributed by atoms with E-state index in [0.717, 1.165) is 25.8 Å². The Kier molecular flexibility index (Phi) is 5.76. The van der Waals surface area contributed by atoms with Gasteiger partial charge < -0.3 is 9.64 Å². The van der Waals surface area contributed by atoms with Crippen molar-refractivity contribution in [1.29, 1.82) is 0 Å². The molecule has 9 heteroatoms. The van der Waals surface area contributed by atoms with Crippen LogP contribution in [0.25, 0.3) is 0 Å². The number of carbonyl (C=O) groups is 2. The maximum absolute atomic E-state index is 12.6. The number of rotatable bonds is 5. The molecule has 0 radical (unpaired) electrons. The molecule has 0 spiro atoms. The molecule has 2 fully saturated rings. The maximum Gasteiger partial charge on any atom is 0.328 e. The average molecular weight is 378 g/mol. The molecule has 1 aliphatic carbocycles. The second kappa shape index (κ2) is 8.06. The number of aromatic nitrogens is 2. The number of aryl methyl sites for hydroxylation is 1. The van der Waals surface area contributed by atoms with Crippen molar-refractivity contribution in [3.05, 3.63) is 21.5 Å². The molecule has 3 rings (SSSR count). The first-order valence-electron chi connectivity index (χ1n) is 9.52. The Morgan fingerprint density at radius 1 is 1.22 bits per heavy atom. The Morgan fingerprint density at radius 2 is 1.93 bits per heavy atom. The first kappa shape index (κ1) is 19.3. The summed E-state index contributed by atoms with van der Waals surface area (Å²) in [5, 5.41) is 15.1. The topological polar surface area (TPSA) is 108 Å². The number of hydrogen-bond acceptors (Lipinski definition) is 6. The highest BCUT2D eigenvalue weighted by molar-refractivity contribution is 5.81. The Morgan fingerprint density at radius 3 is 2.63 bits per heavy atom. The predicted octanol–water partition coefficient (Wildman–Crippen LogP) is 2.13. The number of likely N-dealkylation sites (tertiary alicyclic amines) is 1. The lowest BCUT2D eigenvalue weighted by atomic mass is 9.78. The summed E-state index contributed by atoms with van der Waals surface area (Å²) in [4.78, 5) is 37.1. The summed E-state index contributed by atoms with van der Waals surface area (Å²) in [7, 11) is 0. The van der Waals surface area contributed by atoms with Crippen LogP contribution in [0.5, 0.6) is 0 Å². The molecule has 0 unspecified atom stereocenters. The fraction of sp³-hybridized carbons (Fsp3) is 0.722. The van der Waals surface area contributed by atoms with E-state index in [1.165, 1.54) is 37.8 Å². The summed E-state index contributed by atoms with van der Waals surface area (Å²) in [5.74, 6) is -0.206. The molecule has 1 amide bonds. The molecule has 2 heterocycles. The molecule has 148 valence electrons. The predicted molar refractivity (Wildman–Crippen MR) is 96.0 cm³/mol. The summed E-state index contributed by atoms with van der Waals surface area (Å²) < 4.78 is 6.39. The van der Waals surface area contributed by atoms with Gasteiger partial charge >= 0.3 is 11.7 Å². The van der Waals surface area contributed by atoms with Gasteiger partial charge in [-0.1, -0.05) is 12.8 Å². The van der Waals surface area contributed by atoms with E-state index >= 15 is 0 Å². The molecule has 1 aromatic heterocycles. The average Bonchev–Trinajstić information content (AvgIpc) is 2.92. The smallest absolute Gasteiger partial charge is 0.328 e. The highest BCUT2D eigenvalue weighted by atomic mass is 16.6. The third kappa shape index (κ3) is 4.12. The van der Waals surface area contributed by atoms with E-state index in [2.05, 4.69) is 5.10 Å². The molecular formula is C18H26N4O5. The molecule has 1 aliphatic heterocycles. The van der Waals surface area contributed by atoms with Gasteiger partial charge in [-0.3, -0.25) is 24.4 Å². The molecule has 0 N–H and O–H groups in total. The lowest BCUT2D eigenvalue weighted by Gasteiger charge is -2.44. The summed E-state index contributed by atoms with van der Waals surface area (Å²) in [5.41, 5.74) is 0.440. The number of amides is 1. The largest absolute Gasteiger partial charge is 0.454 e. The molecule has 1 aromatic rings. The molecular weight excluding hydrogens is 352 g/mol. The van der Waals surface area contributed by atoms with Crippen LogP contribution in [0.15, 0.2) is 0 Å². The Hall–Kier alpha value is -2.45. The number of fused-ring (bicyclic) bond motifs is 1. The van der Waals surface area contributed by atoms with Crippen molar-refractivity contribution >= 4 is 17.6 Å². The highest BCUT2D eigenvalue weighted by Gasteiger charge is 2.35. The molecule has 1 saturated heterocycles. The number of piperidine rings is 1. The maximum atomic E-state index is 12.6. The molecule has 1 saturated carbocycles. The van der Waals surface area contributed by atoms with Crippen molar-refractivity contribution in [2.45, 2.75) is 65.0 Å². The van der Waals surface area contributed by atoms with E-state index in [1.807, 2.05) is 4.90 Å². The van der Waals surface area contributed by atoms with Gasteiger partial charge in [-0.25, -0.2) is 0 Å². The van der Waals surface area contributed by atoms with Gasteiger partial charge in [-0.05, 0) is 45.4 Å². The molecule has 2 atom stereocenters. The van der Waals surface area contributed by atoms with Gasteiger partial charge in [-0.2, -0.15) is 5.10 Å². The Balaban J connectivity index is 1.55. The van der Waals surface area contributed by atoms with Crippen molar-refractivity contribution < 1.29 is 19.2 Å². The van der Waals surface area contributed by atoms with Gasteiger partial charge in [-0.15, -0.1) is 0 Å². The number of ether oxygens (including phenoxy) is 1. The summed E-state index contributed by atoms with van der Waals surface area (Å²) >= 11 is 0. The van der Waals surface area contributed by atoms with Gasteiger partial charge in [0.2, 0.25) is 0 Å². The minimum Gasteiger partial charge on any atom is -0.454 e. The monoisotopic (exact) mass is 378 g/mol. The van der Waals surface area contributed by atoms with Crippen LogP contribution in [-0.4, -0.2) is 50.7 Å². The third-order valence-electron chi connectivity index (χ3n) is 5.72. The summed E-state index contributed by atoms with van der Waals surface area (Å²) in [6.45, 7) is 3.24. The number of nitro groups is 1. The minimum absolute atomic E-state index is 0.101. The van der Waals surface area contributed by atoms with Gasteiger partial charge in [0, 0.05) is 12.6 Å². The Bertz CT molecular complexity index is 742. The second-order valence-electron chi connectivity index (χ2n) is 7.44. The number of esters is 1. The zero-order valence-electron chi connectivity index (χ0n) is 15.8. The first-order chi connectivity index (χ1) is 12.9. The zero-order valence-corrected chi connectivity index (χ0v) is 15.8. The normalized spacial score (nSPS) is 22.2. The number of hydrogen-bond donors (Lipinski definition) is 0. The first-order valence-corrected chi connectivity index (χ1v) is 9.52. The van der Waals surface area contributed by atoms with Crippen LogP contribution >= 0.6 is 0 Å². The molecule has 0 bridgehead atoms.